The van der Waals surface area contributed by atoms with Gasteiger partial charge in [-0.25, -0.2) is 13.1 Å². The first kappa shape index (κ1) is 9.15. The molecular weight excluding hydrogens is 176 g/mol. The Balaban J connectivity index is 2.99. The lowest BCUT2D eigenvalue weighted by Crippen LogP contribution is -2.23. The lowest BCUT2D eigenvalue weighted by molar-refractivity contribution is 0.583. The monoisotopic (exact) mass is 186 g/mol. The molecule has 0 spiro atoms. The van der Waals surface area contributed by atoms with E-state index in [1.807, 2.05) is 0 Å². The molecule has 0 aliphatic rings. The summed E-state index contributed by atoms with van der Waals surface area (Å²) in [5.41, 5.74) is 0. The average Bonchev–Trinajstić information content (AvgIpc) is 2.06. The molecule has 0 saturated carbocycles. The van der Waals surface area contributed by atoms with Gasteiger partial charge >= 0.3 is 0 Å². The summed E-state index contributed by atoms with van der Waals surface area (Å²) in [7, 11) is -3.32. The number of sulfonamides is 1. The lowest BCUT2D eigenvalue weighted by atomic mass is 10.5. The molecule has 0 aromatic carbocycles. The minimum atomic E-state index is -3.32. The normalized spacial score (nSPS) is 11.4. The van der Waals surface area contributed by atoms with Gasteiger partial charge in [0.2, 0.25) is 10.0 Å². The van der Waals surface area contributed by atoms with Crippen LogP contribution in [0.25, 0.3) is 0 Å². The second kappa shape index (κ2) is 3.64. The van der Waals surface area contributed by atoms with Gasteiger partial charge in [0.1, 0.15) is 4.90 Å². The molecule has 4 nitrogen and oxygen atoms in total. The summed E-state index contributed by atoms with van der Waals surface area (Å²) in [4.78, 5) is 3.91. The zero-order valence-electron chi connectivity index (χ0n) is 6.69. The number of pyridine rings is 1. The van der Waals surface area contributed by atoms with Gasteiger partial charge in [0.25, 0.3) is 0 Å². The molecule has 0 fully saturated rings. The molecule has 0 saturated heterocycles. The fourth-order valence-corrected chi connectivity index (χ4v) is 1.78. The van der Waals surface area contributed by atoms with Crippen LogP contribution in [0.1, 0.15) is 6.92 Å². The van der Waals surface area contributed by atoms with Crippen molar-refractivity contribution in [3.63, 3.8) is 0 Å². The highest BCUT2D eigenvalue weighted by molar-refractivity contribution is 7.89. The van der Waals surface area contributed by atoms with Gasteiger partial charge in [-0.05, 0) is 12.1 Å². The Labute approximate surface area is 71.7 Å². The molecule has 0 bridgehead atoms. The number of hydrogen-bond acceptors (Lipinski definition) is 3. The van der Waals surface area contributed by atoms with Crippen LogP contribution >= 0.6 is 0 Å². The van der Waals surface area contributed by atoms with Gasteiger partial charge in [0, 0.05) is 18.9 Å². The molecule has 0 aliphatic heterocycles. The van der Waals surface area contributed by atoms with Crippen LogP contribution < -0.4 is 4.72 Å². The second-order valence-electron chi connectivity index (χ2n) is 2.19. The van der Waals surface area contributed by atoms with E-state index in [9.17, 15) is 8.42 Å². The molecule has 1 N–H and O–H groups in total. The Kier molecular flexibility index (Phi) is 2.78. The summed E-state index contributed by atoms with van der Waals surface area (Å²) in [5, 5.41) is 0. The predicted molar refractivity (Wildman–Crippen MR) is 45.1 cm³/mol. The standard InChI is InChI=1S/C7H10N2O2S/c1-2-9-12(10,11)7-4-3-5-8-6-7/h3-6,9H,2H2,1H3. The molecule has 0 unspecified atom stereocenters. The summed E-state index contributed by atoms with van der Waals surface area (Å²) >= 11 is 0. The second-order valence-corrected chi connectivity index (χ2v) is 3.96. The Morgan fingerprint density at radius 1 is 1.58 bits per heavy atom. The highest BCUT2D eigenvalue weighted by Crippen LogP contribution is 2.03. The number of aromatic nitrogens is 1. The Morgan fingerprint density at radius 3 is 2.83 bits per heavy atom. The van der Waals surface area contributed by atoms with E-state index in [4.69, 9.17) is 0 Å². The van der Waals surface area contributed by atoms with Crippen molar-refractivity contribution in [3.05, 3.63) is 24.5 Å². The van der Waals surface area contributed by atoms with Gasteiger partial charge in [-0.2, -0.15) is 0 Å². The van der Waals surface area contributed by atoms with Crippen molar-refractivity contribution in [2.24, 2.45) is 0 Å². The average molecular weight is 186 g/mol. The highest BCUT2D eigenvalue weighted by Gasteiger charge is 2.10. The summed E-state index contributed by atoms with van der Waals surface area (Å²) in [6.45, 7) is 2.12. The molecule has 0 aliphatic carbocycles. The number of hydrogen-bond donors (Lipinski definition) is 1. The first-order chi connectivity index (χ1) is 5.67. The highest BCUT2D eigenvalue weighted by atomic mass is 32.2. The van der Waals surface area contributed by atoms with Gasteiger partial charge < -0.3 is 0 Å². The van der Waals surface area contributed by atoms with Crippen LogP contribution in [0.15, 0.2) is 29.4 Å². The Bertz CT molecular complexity index is 334. The van der Waals surface area contributed by atoms with E-state index < -0.39 is 10.0 Å². The van der Waals surface area contributed by atoms with E-state index in [0.717, 1.165) is 0 Å². The first-order valence-corrected chi connectivity index (χ1v) is 5.05. The number of rotatable bonds is 3. The predicted octanol–water partition coefficient (Wildman–Crippen LogP) is 0.380. The fraction of sp³-hybridized carbons (Fsp3) is 0.286. The van der Waals surface area contributed by atoms with Crippen LogP contribution in [0.5, 0.6) is 0 Å². The van der Waals surface area contributed by atoms with Gasteiger partial charge in [-0.1, -0.05) is 6.92 Å². The number of nitrogens with zero attached hydrogens (tertiary/aromatic N) is 1. The van der Waals surface area contributed by atoms with Crippen molar-refractivity contribution in [2.45, 2.75) is 11.8 Å². The van der Waals surface area contributed by atoms with Crippen molar-refractivity contribution in [2.75, 3.05) is 6.54 Å². The van der Waals surface area contributed by atoms with Crippen LogP contribution in [0.2, 0.25) is 0 Å². The maximum absolute atomic E-state index is 11.3. The quantitative estimate of drug-likeness (QED) is 0.742. The third-order valence-corrected chi connectivity index (χ3v) is 2.81. The first-order valence-electron chi connectivity index (χ1n) is 3.56. The van der Waals surface area contributed by atoms with Crippen molar-refractivity contribution in [1.82, 2.24) is 9.71 Å². The minimum Gasteiger partial charge on any atom is -0.263 e. The van der Waals surface area contributed by atoms with Gasteiger partial charge in [-0.3, -0.25) is 4.98 Å². The van der Waals surface area contributed by atoms with Gasteiger partial charge in [-0.15, -0.1) is 0 Å². The molecule has 5 heteroatoms. The molecule has 1 heterocycles. The zero-order chi connectivity index (χ0) is 9.03. The molecule has 1 aromatic heterocycles. The smallest absolute Gasteiger partial charge is 0.242 e. The van der Waals surface area contributed by atoms with Crippen molar-refractivity contribution >= 4 is 10.0 Å². The van der Waals surface area contributed by atoms with E-state index >= 15 is 0 Å². The molecule has 0 amide bonds. The van der Waals surface area contributed by atoms with Gasteiger partial charge in [0.15, 0.2) is 0 Å². The Morgan fingerprint density at radius 2 is 2.33 bits per heavy atom. The van der Waals surface area contributed by atoms with Crippen molar-refractivity contribution in [3.8, 4) is 0 Å². The van der Waals surface area contributed by atoms with Crippen LogP contribution in [0.3, 0.4) is 0 Å². The minimum absolute atomic E-state index is 0.201. The zero-order valence-corrected chi connectivity index (χ0v) is 7.50. The summed E-state index contributed by atoms with van der Waals surface area (Å²) in [6, 6.07) is 3.09. The molecule has 0 radical (unpaired) electrons. The largest absolute Gasteiger partial charge is 0.263 e. The van der Waals surface area contributed by atoms with Gasteiger partial charge in [0.05, 0.1) is 0 Å². The molecule has 66 valence electrons. The topological polar surface area (TPSA) is 59.1 Å². The summed E-state index contributed by atoms with van der Waals surface area (Å²) in [6.07, 6.45) is 2.85. The van der Waals surface area contributed by atoms with E-state index in [1.165, 1.54) is 18.5 Å². The fourth-order valence-electron chi connectivity index (χ4n) is 0.779. The van der Waals surface area contributed by atoms with Crippen LogP contribution in [-0.4, -0.2) is 19.9 Å². The maximum Gasteiger partial charge on any atom is 0.242 e. The molecule has 1 aromatic rings. The van der Waals surface area contributed by atoms with E-state index in [1.54, 1.807) is 13.0 Å². The van der Waals surface area contributed by atoms with Crippen molar-refractivity contribution in [1.29, 1.82) is 0 Å². The summed E-state index contributed by atoms with van der Waals surface area (Å²) < 4.78 is 24.9. The van der Waals surface area contributed by atoms with E-state index in [-0.39, 0.29) is 4.90 Å². The number of nitrogens with one attached hydrogen (secondary N) is 1. The molecule has 1 rings (SSSR count). The molecular formula is C7H10N2O2S. The lowest BCUT2D eigenvalue weighted by Gasteiger charge is -2.01. The van der Waals surface area contributed by atoms with E-state index in [0.29, 0.717) is 6.54 Å². The van der Waals surface area contributed by atoms with Crippen LogP contribution in [-0.2, 0) is 10.0 Å². The molecule has 12 heavy (non-hydrogen) atoms. The maximum atomic E-state index is 11.3. The van der Waals surface area contributed by atoms with Crippen molar-refractivity contribution < 1.29 is 8.42 Å². The van der Waals surface area contributed by atoms with Crippen LogP contribution in [0, 0.1) is 0 Å². The third kappa shape index (κ3) is 2.02. The van der Waals surface area contributed by atoms with Crippen LogP contribution in [0.4, 0.5) is 0 Å². The Hall–Kier alpha value is -0.940. The summed E-state index contributed by atoms with van der Waals surface area (Å²) in [5.74, 6) is 0. The third-order valence-electron chi connectivity index (χ3n) is 1.28. The molecule has 0 atom stereocenters. The van der Waals surface area contributed by atoms with E-state index in [2.05, 4.69) is 9.71 Å². The SMILES string of the molecule is CCNS(=O)(=O)c1cccnc1.